The molecular weight excluding hydrogens is 455 g/mol. The van der Waals surface area contributed by atoms with E-state index in [0.29, 0.717) is 23.8 Å². The molecule has 2 aromatic heterocycles. The second kappa shape index (κ2) is 8.22. The molecule has 2 N–H and O–H groups in total. The van der Waals surface area contributed by atoms with Crippen LogP contribution in [0, 0.1) is 12.7 Å². The highest BCUT2D eigenvalue weighted by Gasteiger charge is 2.45. The molecule has 0 bridgehead atoms. The molecule has 35 heavy (non-hydrogen) atoms. The third-order valence-electron chi connectivity index (χ3n) is 7.37. The average Bonchev–Trinajstić information content (AvgIpc) is 3.14. The number of nitrogens with zero attached hydrogens (tertiary/aromatic N) is 5. The Morgan fingerprint density at radius 2 is 1.91 bits per heavy atom. The van der Waals surface area contributed by atoms with Gasteiger partial charge in [0.1, 0.15) is 17.2 Å². The second-order valence-electron chi connectivity index (χ2n) is 9.95. The summed E-state index contributed by atoms with van der Waals surface area (Å²) in [6, 6.07) is 3.50. The normalized spacial score (nSPS) is 20.8. The van der Waals surface area contributed by atoms with E-state index < -0.39 is 5.92 Å². The zero-order valence-electron chi connectivity index (χ0n) is 19.8. The molecule has 1 saturated heterocycles. The number of benzene rings is 1. The van der Waals surface area contributed by atoms with Gasteiger partial charge in [-0.05, 0) is 63.2 Å². The molecule has 3 aliphatic rings. The Morgan fingerprint density at radius 1 is 1.14 bits per heavy atom. The van der Waals surface area contributed by atoms with Crippen molar-refractivity contribution in [2.24, 2.45) is 0 Å². The van der Waals surface area contributed by atoms with Crippen molar-refractivity contribution in [1.82, 2.24) is 24.4 Å². The fourth-order valence-electron chi connectivity index (χ4n) is 5.50. The number of fused-ring (bicyclic) bond motifs is 2. The Bertz CT molecular complexity index is 1320. The minimum atomic E-state index is -2.61. The molecule has 0 spiro atoms. The smallest absolute Gasteiger partial charge is 0.252 e. The summed E-state index contributed by atoms with van der Waals surface area (Å²) in [4.78, 5) is 15.7. The van der Waals surface area contributed by atoms with E-state index >= 15 is 4.39 Å². The van der Waals surface area contributed by atoms with Crippen LogP contribution in [-0.4, -0.2) is 63.1 Å². The van der Waals surface area contributed by atoms with Gasteiger partial charge in [-0.15, -0.1) is 0 Å². The number of likely N-dealkylation sites (tertiary alicyclic amines) is 1. The van der Waals surface area contributed by atoms with Gasteiger partial charge in [0.25, 0.3) is 5.92 Å². The molecule has 0 atom stereocenters. The van der Waals surface area contributed by atoms with Crippen LogP contribution in [0.5, 0.6) is 0 Å². The summed E-state index contributed by atoms with van der Waals surface area (Å²) in [5.41, 5.74) is 3.54. The maximum absolute atomic E-state index is 15.3. The van der Waals surface area contributed by atoms with Gasteiger partial charge in [0, 0.05) is 43.2 Å². The molecule has 1 aromatic carbocycles. The van der Waals surface area contributed by atoms with Crippen LogP contribution in [0.25, 0.3) is 16.6 Å². The standard InChI is InChI=1S/C25H28F3N7/c1-14-31-22-20(26)9-15(10-21(22)35(14)17-4-7-34(2)8-5-17)18-3-6-29-23-19(18)13-30-24(33-23)32-16-11-25(27,28)12-16/h3,9-10,13,16-17H,4-8,11-12H2,1-2H3,(H2,29,30,32,33). The number of rotatable bonds is 4. The fraction of sp³-hybridized carbons (Fsp3) is 0.480. The van der Waals surface area contributed by atoms with Crippen LogP contribution in [0.1, 0.15) is 48.7 Å². The largest absolute Gasteiger partial charge is 0.366 e. The summed E-state index contributed by atoms with van der Waals surface area (Å²) in [6.07, 6.45) is 5.24. The maximum Gasteiger partial charge on any atom is 0.252 e. The minimum Gasteiger partial charge on any atom is -0.366 e. The monoisotopic (exact) mass is 483 g/mol. The zero-order chi connectivity index (χ0) is 24.3. The van der Waals surface area contributed by atoms with Crippen LogP contribution >= 0.6 is 0 Å². The lowest BCUT2D eigenvalue weighted by molar-refractivity contribution is -0.0794. The molecule has 1 saturated carbocycles. The van der Waals surface area contributed by atoms with Gasteiger partial charge in [-0.2, -0.15) is 4.98 Å². The number of nitrogens with one attached hydrogen (secondary N) is 2. The molecule has 0 radical (unpaired) electrons. The third kappa shape index (κ3) is 4.03. The number of anilines is 2. The summed E-state index contributed by atoms with van der Waals surface area (Å²) < 4.78 is 43.8. The van der Waals surface area contributed by atoms with Gasteiger partial charge >= 0.3 is 0 Å². The summed E-state index contributed by atoms with van der Waals surface area (Å²) in [6.45, 7) is 4.47. The first-order valence-electron chi connectivity index (χ1n) is 12.1. The van der Waals surface area contributed by atoms with Crippen LogP contribution < -0.4 is 10.6 Å². The van der Waals surface area contributed by atoms with Crippen molar-refractivity contribution in [2.45, 2.75) is 50.6 Å². The summed E-state index contributed by atoms with van der Waals surface area (Å²) in [5, 5.41) is 6.20. The first kappa shape index (κ1) is 22.3. The van der Waals surface area contributed by atoms with Gasteiger partial charge in [-0.3, -0.25) is 0 Å². The molecule has 2 fully saturated rings. The van der Waals surface area contributed by atoms with Crippen molar-refractivity contribution in [1.29, 1.82) is 0 Å². The number of hydrogen-bond acceptors (Lipinski definition) is 6. The minimum absolute atomic E-state index is 0.213. The lowest BCUT2D eigenvalue weighted by Gasteiger charge is -2.35. The van der Waals surface area contributed by atoms with E-state index in [1.807, 2.05) is 19.1 Å². The van der Waals surface area contributed by atoms with Crippen LogP contribution in [0.15, 0.2) is 24.4 Å². The number of piperidine rings is 1. The topological polar surface area (TPSA) is 70.9 Å². The van der Waals surface area contributed by atoms with Crippen molar-refractivity contribution in [3.63, 3.8) is 0 Å². The second-order valence-corrected chi connectivity index (χ2v) is 9.95. The van der Waals surface area contributed by atoms with E-state index in [4.69, 9.17) is 0 Å². The Hall–Kier alpha value is -3.14. The molecule has 10 heteroatoms. The predicted octanol–water partition coefficient (Wildman–Crippen LogP) is 4.61. The Morgan fingerprint density at radius 3 is 2.66 bits per heavy atom. The summed E-state index contributed by atoms with van der Waals surface area (Å²) >= 11 is 0. The number of hydrogen-bond donors (Lipinski definition) is 2. The maximum atomic E-state index is 15.3. The molecule has 2 aliphatic heterocycles. The number of aromatic nitrogens is 4. The van der Waals surface area contributed by atoms with Gasteiger partial charge < -0.3 is 20.1 Å². The lowest BCUT2D eigenvalue weighted by atomic mass is 9.88. The van der Waals surface area contributed by atoms with Gasteiger partial charge in [0.2, 0.25) is 5.95 Å². The highest BCUT2D eigenvalue weighted by molar-refractivity contribution is 5.91. The number of imidazole rings is 1. The molecule has 1 aliphatic carbocycles. The van der Waals surface area contributed by atoms with Crippen LogP contribution in [-0.2, 0) is 0 Å². The Balaban J connectivity index is 1.33. The number of aryl methyl sites for hydroxylation is 1. The van der Waals surface area contributed by atoms with Gasteiger partial charge in [-0.1, -0.05) is 6.08 Å². The molecule has 4 heterocycles. The molecule has 184 valence electrons. The molecular formula is C25H28F3N7. The average molecular weight is 484 g/mol. The van der Waals surface area contributed by atoms with E-state index in [0.717, 1.165) is 54.0 Å². The van der Waals surface area contributed by atoms with Crippen LogP contribution in [0.2, 0.25) is 0 Å². The third-order valence-corrected chi connectivity index (χ3v) is 7.37. The highest BCUT2D eigenvalue weighted by atomic mass is 19.3. The quantitative estimate of drug-likeness (QED) is 0.565. The molecule has 3 aromatic rings. The molecule has 6 rings (SSSR count). The van der Waals surface area contributed by atoms with Crippen molar-refractivity contribution in [3.8, 4) is 0 Å². The first-order chi connectivity index (χ1) is 16.8. The molecule has 7 nitrogen and oxygen atoms in total. The van der Waals surface area contributed by atoms with Crippen molar-refractivity contribution in [3.05, 3.63) is 47.2 Å². The first-order valence-corrected chi connectivity index (χ1v) is 12.1. The van der Waals surface area contributed by atoms with Gasteiger partial charge in [0.05, 0.1) is 5.52 Å². The van der Waals surface area contributed by atoms with Gasteiger partial charge in [-0.25, -0.2) is 23.1 Å². The SMILES string of the molecule is Cc1nc2c(F)cc(C3=CCNc4nc(NC5CC(F)(F)C5)ncc43)cc2n1C1CCN(C)CC1. The number of alkyl halides is 2. The van der Waals surface area contributed by atoms with E-state index in [9.17, 15) is 8.78 Å². The summed E-state index contributed by atoms with van der Waals surface area (Å²) in [5.74, 6) is -1.22. The molecule has 0 unspecified atom stereocenters. The molecule has 0 amide bonds. The fourth-order valence-corrected chi connectivity index (χ4v) is 5.50. The van der Waals surface area contributed by atoms with Crippen LogP contribution in [0.4, 0.5) is 24.9 Å². The Kier molecular flexibility index (Phi) is 5.24. The van der Waals surface area contributed by atoms with E-state index in [-0.39, 0.29) is 30.7 Å². The summed E-state index contributed by atoms with van der Waals surface area (Å²) in [7, 11) is 2.12. The van der Waals surface area contributed by atoms with E-state index in [1.54, 1.807) is 6.20 Å². The predicted molar refractivity (Wildman–Crippen MR) is 129 cm³/mol. The van der Waals surface area contributed by atoms with Crippen molar-refractivity contribution >= 4 is 28.4 Å². The Labute approximate surface area is 201 Å². The van der Waals surface area contributed by atoms with Crippen molar-refractivity contribution in [2.75, 3.05) is 37.3 Å². The number of halogens is 3. The van der Waals surface area contributed by atoms with Gasteiger partial charge in [0.15, 0.2) is 5.82 Å². The van der Waals surface area contributed by atoms with Crippen molar-refractivity contribution < 1.29 is 13.2 Å². The van der Waals surface area contributed by atoms with Crippen LogP contribution in [0.3, 0.4) is 0 Å². The van der Waals surface area contributed by atoms with E-state index in [2.05, 4.69) is 42.1 Å². The lowest BCUT2D eigenvalue weighted by Crippen LogP contribution is -2.44. The van der Waals surface area contributed by atoms with E-state index in [1.165, 1.54) is 6.07 Å². The zero-order valence-corrected chi connectivity index (χ0v) is 19.8. The highest BCUT2D eigenvalue weighted by Crippen LogP contribution is 2.39.